The number of aromatic nitrogens is 1. The van der Waals surface area contributed by atoms with Crippen molar-refractivity contribution in [1.82, 2.24) is 10.4 Å². The first kappa shape index (κ1) is 19.4. The molecule has 28 heavy (non-hydrogen) atoms. The minimum absolute atomic E-state index is 0.222. The number of hydrogen-bond acceptors (Lipinski definition) is 4. The third-order valence-corrected chi connectivity index (χ3v) is 4.31. The lowest BCUT2D eigenvalue weighted by molar-refractivity contribution is 0.0954. The summed E-state index contributed by atoms with van der Waals surface area (Å²) in [4.78, 5) is 28.6. The molecule has 0 saturated heterocycles. The number of amides is 2. The number of carbonyl (C=O) groups is 2. The minimum Gasteiger partial charge on any atom is -0.322 e. The Bertz CT molecular complexity index is 1020. The molecule has 1 heterocycles. The summed E-state index contributed by atoms with van der Waals surface area (Å²) < 4.78 is 0.903. The van der Waals surface area contributed by atoms with Gasteiger partial charge in [-0.3, -0.25) is 14.6 Å². The third-order valence-electron chi connectivity index (χ3n) is 3.78. The molecule has 3 aromatic rings. The van der Waals surface area contributed by atoms with E-state index in [2.05, 4.69) is 36.8 Å². The predicted octanol–water partition coefficient (Wildman–Crippen LogP) is 4.17. The molecule has 0 radical (unpaired) electrons. The van der Waals surface area contributed by atoms with Crippen molar-refractivity contribution in [3.8, 4) is 0 Å². The molecular weight excluding hydrogens is 420 g/mol. The topological polar surface area (TPSA) is 83.5 Å². The van der Waals surface area contributed by atoms with Crippen LogP contribution in [0.1, 0.15) is 32.1 Å². The zero-order valence-electron chi connectivity index (χ0n) is 15.0. The number of hydrogen-bond donors (Lipinski definition) is 2. The highest BCUT2D eigenvalue weighted by Gasteiger charge is 2.08. The van der Waals surface area contributed by atoms with Crippen LogP contribution in [0, 0.1) is 6.92 Å². The van der Waals surface area contributed by atoms with Crippen molar-refractivity contribution in [2.75, 3.05) is 5.32 Å². The van der Waals surface area contributed by atoms with Crippen molar-refractivity contribution >= 4 is 39.6 Å². The first-order valence-corrected chi connectivity index (χ1v) is 9.24. The first-order valence-electron chi connectivity index (χ1n) is 8.45. The maximum absolute atomic E-state index is 12.2. The molecule has 0 aliphatic carbocycles. The SMILES string of the molecule is Cc1cccc(/C=N/NC(=O)c2ccc(NC(=O)c3ccc(Br)cc3)cc2)n1. The van der Waals surface area contributed by atoms with Crippen LogP contribution in [0.15, 0.2) is 76.3 Å². The number of benzene rings is 2. The van der Waals surface area contributed by atoms with E-state index in [1.807, 2.05) is 19.1 Å². The molecule has 140 valence electrons. The molecule has 0 aliphatic heterocycles. The molecule has 0 fully saturated rings. The quantitative estimate of drug-likeness (QED) is 0.464. The highest BCUT2D eigenvalue weighted by Crippen LogP contribution is 2.14. The van der Waals surface area contributed by atoms with Gasteiger partial charge in [-0.05, 0) is 67.6 Å². The minimum atomic E-state index is -0.352. The molecule has 0 unspecified atom stereocenters. The highest BCUT2D eigenvalue weighted by atomic mass is 79.9. The van der Waals surface area contributed by atoms with Gasteiger partial charge >= 0.3 is 0 Å². The van der Waals surface area contributed by atoms with Crippen LogP contribution in [0.25, 0.3) is 0 Å². The van der Waals surface area contributed by atoms with Gasteiger partial charge in [-0.1, -0.05) is 22.0 Å². The molecular formula is C21H17BrN4O2. The van der Waals surface area contributed by atoms with Gasteiger partial charge in [-0.25, -0.2) is 5.43 Å². The van der Waals surface area contributed by atoms with Crippen molar-refractivity contribution in [2.45, 2.75) is 6.92 Å². The number of nitrogens with one attached hydrogen (secondary N) is 2. The summed E-state index contributed by atoms with van der Waals surface area (Å²) in [6, 6.07) is 19.2. The standard InChI is InChI=1S/C21H17BrN4O2/c1-14-3-2-4-19(24-14)13-23-26-21(28)16-7-11-18(12-8-16)25-20(27)15-5-9-17(22)10-6-15/h2-13H,1H3,(H,25,27)(H,26,28)/b23-13+. The van der Waals surface area contributed by atoms with E-state index in [1.165, 1.54) is 6.21 Å². The van der Waals surface area contributed by atoms with E-state index in [4.69, 9.17) is 0 Å². The molecule has 2 N–H and O–H groups in total. The second kappa shape index (κ2) is 9.05. The van der Waals surface area contributed by atoms with Gasteiger partial charge in [0.15, 0.2) is 0 Å². The normalized spacial score (nSPS) is 10.6. The molecule has 0 spiro atoms. The van der Waals surface area contributed by atoms with E-state index in [9.17, 15) is 9.59 Å². The lowest BCUT2D eigenvalue weighted by Gasteiger charge is -2.06. The Hall–Kier alpha value is -3.32. The van der Waals surface area contributed by atoms with Crippen molar-refractivity contribution < 1.29 is 9.59 Å². The summed E-state index contributed by atoms with van der Waals surface area (Å²) in [5.74, 6) is -0.574. The fourth-order valence-electron chi connectivity index (χ4n) is 2.37. The largest absolute Gasteiger partial charge is 0.322 e. The van der Waals surface area contributed by atoms with Gasteiger partial charge in [0.1, 0.15) is 0 Å². The molecule has 3 rings (SSSR count). The van der Waals surface area contributed by atoms with E-state index in [0.29, 0.717) is 22.5 Å². The molecule has 0 saturated carbocycles. The third kappa shape index (κ3) is 5.34. The number of aryl methyl sites for hydroxylation is 1. The number of halogens is 1. The Balaban J connectivity index is 1.58. The number of rotatable bonds is 5. The van der Waals surface area contributed by atoms with Crippen LogP contribution >= 0.6 is 15.9 Å². The highest BCUT2D eigenvalue weighted by molar-refractivity contribution is 9.10. The van der Waals surface area contributed by atoms with Gasteiger partial charge in [0, 0.05) is 27.0 Å². The fourth-order valence-corrected chi connectivity index (χ4v) is 2.63. The zero-order valence-corrected chi connectivity index (χ0v) is 16.6. The molecule has 0 aliphatic rings. The maximum atomic E-state index is 12.2. The van der Waals surface area contributed by atoms with E-state index >= 15 is 0 Å². The van der Waals surface area contributed by atoms with Gasteiger partial charge in [0.05, 0.1) is 11.9 Å². The molecule has 6 nitrogen and oxygen atoms in total. The summed E-state index contributed by atoms with van der Waals surface area (Å²) in [6.45, 7) is 1.88. The summed E-state index contributed by atoms with van der Waals surface area (Å²) in [5, 5.41) is 6.71. The summed E-state index contributed by atoms with van der Waals surface area (Å²) in [7, 11) is 0. The predicted molar refractivity (Wildman–Crippen MR) is 113 cm³/mol. The molecule has 2 amide bonds. The first-order chi connectivity index (χ1) is 13.5. The second-order valence-electron chi connectivity index (χ2n) is 5.94. The smallest absolute Gasteiger partial charge is 0.271 e. The fraction of sp³-hybridized carbons (Fsp3) is 0.0476. The average molecular weight is 437 g/mol. The van der Waals surface area contributed by atoms with Crippen molar-refractivity contribution in [2.24, 2.45) is 5.10 Å². The number of nitrogens with zero attached hydrogens (tertiary/aromatic N) is 2. The van der Waals surface area contributed by atoms with Crippen LogP contribution in [0.5, 0.6) is 0 Å². The number of anilines is 1. The number of hydrazone groups is 1. The van der Waals surface area contributed by atoms with Crippen molar-refractivity contribution in [3.05, 3.63) is 93.7 Å². The van der Waals surface area contributed by atoms with Crippen LogP contribution in [0.2, 0.25) is 0 Å². The van der Waals surface area contributed by atoms with Crippen molar-refractivity contribution in [3.63, 3.8) is 0 Å². The van der Waals surface area contributed by atoms with Gasteiger partial charge in [-0.2, -0.15) is 5.10 Å². The Labute approximate surface area is 170 Å². The van der Waals surface area contributed by atoms with Gasteiger partial charge < -0.3 is 5.32 Å². The Morgan fingerprint density at radius 2 is 1.57 bits per heavy atom. The number of pyridine rings is 1. The zero-order chi connectivity index (χ0) is 19.9. The summed E-state index contributed by atoms with van der Waals surface area (Å²) >= 11 is 3.33. The van der Waals surface area contributed by atoms with Gasteiger partial charge in [-0.15, -0.1) is 0 Å². The number of carbonyl (C=O) groups excluding carboxylic acids is 2. The lowest BCUT2D eigenvalue weighted by atomic mass is 10.1. The van der Waals surface area contributed by atoms with E-state index < -0.39 is 0 Å². The molecule has 0 atom stereocenters. The second-order valence-corrected chi connectivity index (χ2v) is 6.86. The Morgan fingerprint density at radius 3 is 2.25 bits per heavy atom. The van der Waals surface area contributed by atoms with Crippen LogP contribution in [-0.2, 0) is 0 Å². The summed E-state index contributed by atoms with van der Waals surface area (Å²) in [6.07, 6.45) is 1.48. The molecule has 2 aromatic carbocycles. The van der Waals surface area contributed by atoms with E-state index in [-0.39, 0.29) is 11.8 Å². The molecule has 7 heteroatoms. The Kier molecular flexibility index (Phi) is 6.29. The van der Waals surface area contributed by atoms with Gasteiger partial charge in [0.25, 0.3) is 11.8 Å². The molecule has 1 aromatic heterocycles. The van der Waals surface area contributed by atoms with Crippen LogP contribution < -0.4 is 10.7 Å². The van der Waals surface area contributed by atoms with Crippen LogP contribution in [0.4, 0.5) is 5.69 Å². The van der Waals surface area contributed by atoms with Crippen molar-refractivity contribution in [1.29, 1.82) is 0 Å². The molecule has 0 bridgehead atoms. The van der Waals surface area contributed by atoms with Crippen LogP contribution in [-0.4, -0.2) is 23.0 Å². The van der Waals surface area contributed by atoms with Gasteiger partial charge in [0.2, 0.25) is 0 Å². The maximum Gasteiger partial charge on any atom is 0.271 e. The van der Waals surface area contributed by atoms with E-state index in [1.54, 1.807) is 54.6 Å². The summed E-state index contributed by atoms with van der Waals surface area (Å²) in [5.41, 5.74) is 5.55. The monoisotopic (exact) mass is 436 g/mol. The van der Waals surface area contributed by atoms with Crippen LogP contribution in [0.3, 0.4) is 0 Å². The Morgan fingerprint density at radius 1 is 0.929 bits per heavy atom. The van der Waals surface area contributed by atoms with E-state index in [0.717, 1.165) is 10.2 Å². The average Bonchev–Trinajstić information content (AvgIpc) is 2.69. The lowest BCUT2D eigenvalue weighted by Crippen LogP contribution is -2.18.